The van der Waals surface area contributed by atoms with Gasteiger partial charge in [-0.05, 0) is 40.6 Å². The SMILES string of the molecule is CCC[C@H](N)c1cccc(Cl)c1I. The van der Waals surface area contributed by atoms with E-state index in [-0.39, 0.29) is 6.04 Å². The zero-order valence-corrected chi connectivity index (χ0v) is 10.5. The van der Waals surface area contributed by atoms with Gasteiger partial charge in [-0.15, -0.1) is 0 Å². The van der Waals surface area contributed by atoms with Crippen molar-refractivity contribution in [1.82, 2.24) is 0 Å². The normalized spacial score (nSPS) is 12.9. The lowest BCUT2D eigenvalue weighted by Gasteiger charge is -2.13. The van der Waals surface area contributed by atoms with Crippen LogP contribution < -0.4 is 5.73 Å². The maximum atomic E-state index is 6.01. The second kappa shape index (κ2) is 5.17. The summed E-state index contributed by atoms with van der Waals surface area (Å²) in [5, 5.41) is 0.796. The standard InChI is InChI=1S/C10H13ClIN/c1-2-4-9(13)7-5-3-6-8(11)10(7)12/h3,5-6,9H,2,4,13H2,1H3/t9-/m0/s1. The van der Waals surface area contributed by atoms with Gasteiger partial charge in [0.25, 0.3) is 0 Å². The quantitative estimate of drug-likeness (QED) is 0.846. The summed E-state index contributed by atoms with van der Waals surface area (Å²) < 4.78 is 1.09. The molecular formula is C10H13ClIN. The Hall–Kier alpha value is 0.200. The molecule has 0 spiro atoms. The number of hydrogen-bond donors (Lipinski definition) is 1. The first-order chi connectivity index (χ1) is 6.16. The summed E-state index contributed by atoms with van der Waals surface area (Å²) >= 11 is 8.24. The fourth-order valence-electron chi connectivity index (χ4n) is 1.27. The smallest absolute Gasteiger partial charge is 0.0542 e. The molecule has 0 saturated heterocycles. The molecule has 0 aliphatic heterocycles. The van der Waals surface area contributed by atoms with Gasteiger partial charge in [-0.3, -0.25) is 0 Å². The fraction of sp³-hybridized carbons (Fsp3) is 0.400. The molecule has 1 atom stereocenters. The van der Waals surface area contributed by atoms with Gasteiger partial charge >= 0.3 is 0 Å². The topological polar surface area (TPSA) is 26.0 Å². The van der Waals surface area contributed by atoms with Crippen molar-refractivity contribution < 1.29 is 0 Å². The van der Waals surface area contributed by atoms with E-state index in [1.165, 1.54) is 0 Å². The first-order valence-electron chi connectivity index (χ1n) is 4.36. The molecule has 2 N–H and O–H groups in total. The minimum Gasteiger partial charge on any atom is -0.324 e. The van der Waals surface area contributed by atoms with E-state index in [1.807, 2.05) is 18.2 Å². The highest BCUT2D eigenvalue weighted by Gasteiger charge is 2.10. The summed E-state index contributed by atoms with van der Waals surface area (Å²) in [5.74, 6) is 0. The molecule has 0 radical (unpaired) electrons. The van der Waals surface area contributed by atoms with Crippen LogP contribution in [0.5, 0.6) is 0 Å². The predicted octanol–water partition coefficient (Wildman–Crippen LogP) is 3.74. The Morgan fingerprint density at radius 1 is 1.54 bits per heavy atom. The molecule has 1 aromatic carbocycles. The molecule has 1 rings (SSSR count). The number of hydrogen-bond acceptors (Lipinski definition) is 1. The van der Waals surface area contributed by atoms with Crippen LogP contribution in [0.25, 0.3) is 0 Å². The Bertz CT molecular complexity index is 288. The van der Waals surface area contributed by atoms with Crippen LogP contribution in [0, 0.1) is 3.57 Å². The molecule has 1 aromatic rings. The van der Waals surface area contributed by atoms with E-state index >= 15 is 0 Å². The van der Waals surface area contributed by atoms with Gasteiger partial charge in [-0.2, -0.15) is 0 Å². The molecule has 0 saturated carbocycles. The van der Waals surface area contributed by atoms with Crippen molar-refractivity contribution >= 4 is 34.2 Å². The van der Waals surface area contributed by atoms with Gasteiger partial charge in [0.05, 0.1) is 5.02 Å². The molecule has 0 fully saturated rings. The number of rotatable bonds is 3. The van der Waals surface area contributed by atoms with Crippen molar-refractivity contribution in [3.8, 4) is 0 Å². The van der Waals surface area contributed by atoms with Crippen molar-refractivity contribution in [2.75, 3.05) is 0 Å². The second-order valence-corrected chi connectivity index (χ2v) is 4.52. The zero-order valence-electron chi connectivity index (χ0n) is 7.56. The molecule has 0 unspecified atom stereocenters. The Kier molecular flexibility index (Phi) is 4.49. The third kappa shape index (κ3) is 2.82. The van der Waals surface area contributed by atoms with Crippen LogP contribution in [0.4, 0.5) is 0 Å². The molecule has 0 heterocycles. The van der Waals surface area contributed by atoms with Crippen LogP contribution in [-0.4, -0.2) is 0 Å². The van der Waals surface area contributed by atoms with E-state index in [4.69, 9.17) is 17.3 Å². The Morgan fingerprint density at radius 3 is 2.85 bits per heavy atom. The molecule has 0 aliphatic rings. The Morgan fingerprint density at radius 2 is 2.23 bits per heavy atom. The van der Waals surface area contributed by atoms with Crippen molar-refractivity contribution in [2.45, 2.75) is 25.8 Å². The largest absolute Gasteiger partial charge is 0.324 e. The first kappa shape index (κ1) is 11.3. The highest BCUT2D eigenvalue weighted by molar-refractivity contribution is 14.1. The van der Waals surface area contributed by atoms with Gasteiger partial charge < -0.3 is 5.73 Å². The lowest BCUT2D eigenvalue weighted by molar-refractivity contribution is 0.636. The van der Waals surface area contributed by atoms with Gasteiger partial charge in [0.1, 0.15) is 0 Å². The molecule has 0 aliphatic carbocycles. The average Bonchev–Trinajstić information content (AvgIpc) is 2.10. The molecule has 0 aromatic heterocycles. The summed E-state index contributed by atoms with van der Waals surface area (Å²) in [6.07, 6.45) is 2.11. The number of nitrogens with two attached hydrogens (primary N) is 1. The van der Waals surface area contributed by atoms with Crippen LogP contribution in [0.3, 0.4) is 0 Å². The minimum atomic E-state index is 0.121. The monoisotopic (exact) mass is 309 g/mol. The predicted molar refractivity (Wildman–Crippen MR) is 66.0 cm³/mol. The van der Waals surface area contributed by atoms with Crippen molar-refractivity contribution in [3.05, 3.63) is 32.4 Å². The molecular weight excluding hydrogens is 296 g/mol. The van der Waals surface area contributed by atoms with E-state index in [9.17, 15) is 0 Å². The highest BCUT2D eigenvalue weighted by atomic mass is 127. The molecule has 3 heteroatoms. The van der Waals surface area contributed by atoms with Crippen molar-refractivity contribution in [3.63, 3.8) is 0 Å². The maximum Gasteiger partial charge on any atom is 0.0542 e. The third-order valence-electron chi connectivity index (χ3n) is 1.98. The molecule has 0 amide bonds. The molecule has 1 nitrogen and oxygen atoms in total. The number of halogens is 2. The van der Waals surface area contributed by atoms with E-state index < -0.39 is 0 Å². The van der Waals surface area contributed by atoms with E-state index in [2.05, 4.69) is 29.5 Å². The summed E-state index contributed by atoms with van der Waals surface area (Å²) in [5.41, 5.74) is 7.17. The lowest BCUT2D eigenvalue weighted by atomic mass is 10.0. The van der Waals surface area contributed by atoms with Crippen LogP contribution in [-0.2, 0) is 0 Å². The Labute approximate surface area is 97.8 Å². The summed E-state index contributed by atoms with van der Waals surface area (Å²) in [4.78, 5) is 0. The van der Waals surface area contributed by atoms with Crippen molar-refractivity contribution in [2.24, 2.45) is 5.73 Å². The van der Waals surface area contributed by atoms with Gasteiger partial charge in [0.2, 0.25) is 0 Å². The zero-order chi connectivity index (χ0) is 9.84. The van der Waals surface area contributed by atoms with Gasteiger partial charge in [0.15, 0.2) is 0 Å². The van der Waals surface area contributed by atoms with Gasteiger partial charge in [-0.1, -0.05) is 37.1 Å². The third-order valence-corrected chi connectivity index (χ3v) is 3.82. The minimum absolute atomic E-state index is 0.121. The van der Waals surface area contributed by atoms with Crippen LogP contribution in [0.15, 0.2) is 18.2 Å². The first-order valence-corrected chi connectivity index (χ1v) is 5.82. The van der Waals surface area contributed by atoms with Gasteiger partial charge in [-0.25, -0.2) is 0 Å². The fourth-order valence-corrected chi connectivity index (χ4v) is 2.21. The summed E-state index contributed by atoms with van der Waals surface area (Å²) in [6, 6.07) is 6.02. The summed E-state index contributed by atoms with van der Waals surface area (Å²) in [7, 11) is 0. The summed E-state index contributed by atoms with van der Waals surface area (Å²) in [6.45, 7) is 2.14. The van der Waals surface area contributed by atoms with Crippen molar-refractivity contribution in [1.29, 1.82) is 0 Å². The van der Waals surface area contributed by atoms with E-state index in [0.29, 0.717) is 0 Å². The maximum absolute atomic E-state index is 6.01. The second-order valence-electron chi connectivity index (χ2n) is 3.04. The Balaban J connectivity index is 2.93. The van der Waals surface area contributed by atoms with Crippen LogP contribution in [0.2, 0.25) is 5.02 Å². The van der Waals surface area contributed by atoms with Gasteiger partial charge in [0, 0.05) is 9.61 Å². The van der Waals surface area contributed by atoms with E-state index in [1.54, 1.807) is 0 Å². The van der Waals surface area contributed by atoms with E-state index in [0.717, 1.165) is 27.0 Å². The average molecular weight is 310 g/mol. The lowest BCUT2D eigenvalue weighted by Crippen LogP contribution is -2.11. The molecule has 13 heavy (non-hydrogen) atoms. The molecule has 72 valence electrons. The number of benzene rings is 1. The highest BCUT2D eigenvalue weighted by Crippen LogP contribution is 2.27. The van der Waals surface area contributed by atoms with Crippen LogP contribution in [0.1, 0.15) is 31.4 Å². The molecule has 0 bridgehead atoms. The van der Waals surface area contributed by atoms with Crippen LogP contribution >= 0.6 is 34.2 Å².